The molecule has 7 heteroatoms. The minimum atomic E-state index is -0.546. The first-order chi connectivity index (χ1) is 12.4. The quantitative estimate of drug-likeness (QED) is 0.547. The van der Waals surface area contributed by atoms with Gasteiger partial charge in [0.15, 0.2) is 0 Å². The van der Waals surface area contributed by atoms with E-state index >= 15 is 0 Å². The number of halogens is 1. The van der Waals surface area contributed by atoms with Gasteiger partial charge in [-0.25, -0.2) is 0 Å². The lowest BCUT2D eigenvalue weighted by atomic mass is 10.2. The van der Waals surface area contributed by atoms with E-state index in [2.05, 4.69) is 16.0 Å². The molecule has 0 aliphatic heterocycles. The van der Waals surface area contributed by atoms with Gasteiger partial charge in [-0.3, -0.25) is 9.59 Å². The van der Waals surface area contributed by atoms with Gasteiger partial charge in [0, 0.05) is 35.2 Å². The van der Waals surface area contributed by atoms with Crippen molar-refractivity contribution in [1.82, 2.24) is 0 Å². The van der Waals surface area contributed by atoms with Crippen molar-refractivity contribution in [2.24, 2.45) is 0 Å². The molecule has 26 heavy (non-hydrogen) atoms. The van der Waals surface area contributed by atoms with Crippen LogP contribution in [0.4, 0.5) is 17.1 Å². The van der Waals surface area contributed by atoms with Gasteiger partial charge in [0.05, 0.1) is 0 Å². The van der Waals surface area contributed by atoms with Crippen molar-refractivity contribution in [1.29, 1.82) is 5.26 Å². The summed E-state index contributed by atoms with van der Waals surface area (Å²) in [5, 5.41) is 17.9. The number of amides is 2. The molecule has 3 N–H and O–H groups in total. The fourth-order valence-electron chi connectivity index (χ4n) is 2.03. The molecule has 0 unspecified atom stereocenters. The Kier molecular flexibility index (Phi) is 6.36. The number of carbonyl (C=O) groups is 2. The molecule has 0 aromatic heterocycles. The third-order valence-electron chi connectivity index (χ3n) is 3.38. The fraction of sp³-hybridized carbons (Fsp3) is 0.105. The van der Waals surface area contributed by atoms with Crippen LogP contribution in [0.5, 0.6) is 0 Å². The van der Waals surface area contributed by atoms with Gasteiger partial charge < -0.3 is 16.0 Å². The van der Waals surface area contributed by atoms with Gasteiger partial charge in [0.1, 0.15) is 11.6 Å². The van der Waals surface area contributed by atoms with E-state index in [-0.39, 0.29) is 11.5 Å². The van der Waals surface area contributed by atoms with E-state index in [9.17, 15) is 14.9 Å². The number of anilines is 3. The second-order valence-corrected chi connectivity index (χ2v) is 5.90. The first-order valence-corrected chi connectivity index (χ1v) is 8.09. The highest BCUT2D eigenvalue weighted by atomic mass is 35.5. The average molecular weight is 369 g/mol. The number of nitrogens with zero attached hydrogens (tertiary/aromatic N) is 1. The topological polar surface area (TPSA) is 94.0 Å². The molecule has 0 aliphatic rings. The maximum absolute atomic E-state index is 12.2. The van der Waals surface area contributed by atoms with Gasteiger partial charge in [0.25, 0.3) is 5.91 Å². The molecule has 0 fully saturated rings. The molecule has 2 rings (SSSR count). The lowest BCUT2D eigenvalue weighted by molar-refractivity contribution is -0.114. The van der Waals surface area contributed by atoms with Crippen LogP contribution in [0, 0.1) is 18.3 Å². The summed E-state index contributed by atoms with van der Waals surface area (Å²) in [4.78, 5) is 23.2. The van der Waals surface area contributed by atoms with Gasteiger partial charge in [-0.1, -0.05) is 17.7 Å². The van der Waals surface area contributed by atoms with Crippen LogP contribution in [0.25, 0.3) is 0 Å². The highest BCUT2D eigenvalue weighted by Crippen LogP contribution is 2.20. The molecule has 0 aliphatic carbocycles. The van der Waals surface area contributed by atoms with E-state index in [0.717, 1.165) is 5.56 Å². The van der Waals surface area contributed by atoms with Gasteiger partial charge in [-0.05, 0) is 48.9 Å². The summed E-state index contributed by atoms with van der Waals surface area (Å²) in [6, 6.07) is 13.8. The van der Waals surface area contributed by atoms with Crippen molar-refractivity contribution >= 4 is 40.5 Å². The summed E-state index contributed by atoms with van der Waals surface area (Å²) >= 11 is 6.03. The summed E-state index contributed by atoms with van der Waals surface area (Å²) in [7, 11) is 0. The van der Waals surface area contributed by atoms with Crippen LogP contribution in [-0.2, 0) is 9.59 Å². The molecule has 2 amide bonds. The standard InChI is InChI=1S/C19H17ClN4O2/c1-12-3-4-17(9-18(12)20)24-19(26)14(10-21)11-22-15-5-7-16(8-6-15)23-13(2)25/h3-9,11,22H,1-2H3,(H,23,25)(H,24,26)/b14-11-. The minimum absolute atomic E-state index is 0.0902. The summed E-state index contributed by atoms with van der Waals surface area (Å²) < 4.78 is 0. The normalized spacial score (nSPS) is 10.6. The number of hydrogen-bond donors (Lipinski definition) is 3. The zero-order valence-electron chi connectivity index (χ0n) is 14.3. The van der Waals surface area contributed by atoms with Crippen molar-refractivity contribution < 1.29 is 9.59 Å². The largest absolute Gasteiger partial charge is 0.360 e. The summed E-state index contributed by atoms with van der Waals surface area (Å²) in [5.41, 5.74) is 2.63. The molecule has 0 saturated heterocycles. The number of aryl methyl sites for hydroxylation is 1. The molecule has 0 atom stereocenters. The van der Waals surface area contributed by atoms with E-state index in [1.54, 1.807) is 42.5 Å². The third-order valence-corrected chi connectivity index (χ3v) is 3.79. The Morgan fingerprint density at radius 2 is 1.65 bits per heavy atom. The van der Waals surface area contributed by atoms with E-state index in [4.69, 9.17) is 11.6 Å². The van der Waals surface area contributed by atoms with Crippen LogP contribution in [0.15, 0.2) is 54.2 Å². The van der Waals surface area contributed by atoms with Gasteiger partial charge >= 0.3 is 0 Å². The Hall–Kier alpha value is -3.30. The number of benzene rings is 2. The molecule has 0 heterocycles. The Bertz CT molecular complexity index is 899. The van der Waals surface area contributed by atoms with Crippen molar-refractivity contribution in [2.45, 2.75) is 13.8 Å². The fourth-order valence-corrected chi connectivity index (χ4v) is 2.21. The predicted octanol–water partition coefficient (Wildman–Crippen LogP) is 4.06. The smallest absolute Gasteiger partial charge is 0.267 e. The minimum Gasteiger partial charge on any atom is -0.360 e. The molecule has 0 bridgehead atoms. The number of nitrogens with one attached hydrogen (secondary N) is 3. The second kappa shape index (κ2) is 8.70. The molecule has 2 aromatic rings. The first kappa shape index (κ1) is 19.0. The summed E-state index contributed by atoms with van der Waals surface area (Å²) in [6.07, 6.45) is 1.32. The molecule has 2 aromatic carbocycles. The Balaban J connectivity index is 2.04. The van der Waals surface area contributed by atoms with Gasteiger partial charge in [-0.15, -0.1) is 0 Å². The predicted molar refractivity (Wildman–Crippen MR) is 103 cm³/mol. The molecular formula is C19H17ClN4O2. The molecule has 132 valence electrons. The summed E-state index contributed by atoms with van der Waals surface area (Å²) in [5.74, 6) is -0.708. The van der Waals surface area contributed by atoms with Crippen molar-refractivity contribution in [2.75, 3.05) is 16.0 Å². The highest BCUT2D eigenvalue weighted by Gasteiger charge is 2.10. The number of rotatable bonds is 5. The van der Waals surface area contributed by atoms with Crippen molar-refractivity contribution in [3.63, 3.8) is 0 Å². The Morgan fingerprint density at radius 1 is 1.04 bits per heavy atom. The van der Waals surface area contributed by atoms with E-state index in [0.29, 0.717) is 22.1 Å². The SMILES string of the molecule is CC(=O)Nc1ccc(N/C=C(/C#N)C(=O)Nc2ccc(C)c(Cl)c2)cc1. The number of hydrogen-bond acceptors (Lipinski definition) is 4. The average Bonchev–Trinajstić information content (AvgIpc) is 2.59. The van der Waals surface area contributed by atoms with Crippen molar-refractivity contribution in [3.8, 4) is 6.07 Å². The lowest BCUT2D eigenvalue weighted by Gasteiger charge is -2.07. The van der Waals surface area contributed by atoms with Crippen LogP contribution in [-0.4, -0.2) is 11.8 Å². The third kappa shape index (κ3) is 5.36. The zero-order chi connectivity index (χ0) is 19.1. The molecule has 0 radical (unpaired) electrons. The van der Waals surface area contributed by atoms with Crippen LogP contribution in [0.2, 0.25) is 5.02 Å². The maximum atomic E-state index is 12.2. The van der Waals surface area contributed by atoms with Crippen molar-refractivity contribution in [3.05, 3.63) is 64.8 Å². The van der Waals surface area contributed by atoms with E-state index < -0.39 is 5.91 Å². The van der Waals surface area contributed by atoms with Crippen LogP contribution >= 0.6 is 11.6 Å². The second-order valence-electron chi connectivity index (χ2n) is 5.49. The first-order valence-electron chi connectivity index (χ1n) is 7.71. The Morgan fingerprint density at radius 3 is 2.23 bits per heavy atom. The van der Waals surface area contributed by atoms with Gasteiger partial charge in [-0.2, -0.15) is 5.26 Å². The molecule has 6 nitrogen and oxygen atoms in total. The zero-order valence-corrected chi connectivity index (χ0v) is 15.0. The van der Waals surface area contributed by atoms with Gasteiger partial charge in [0.2, 0.25) is 5.91 Å². The van der Waals surface area contributed by atoms with E-state index in [1.165, 1.54) is 13.1 Å². The molecule has 0 spiro atoms. The van der Waals surface area contributed by atoms with Crippen LogP contribution in [0.3, 0.4) is 0 Å². The number of nitriles is 1. The summed E-state index contributed by atoms with van der Waals surface area (Å²) in [6.45, 7) is 3.28. The van der Waals surface area contributed by atoms with Crippen LogP contribution in [0.1, 0.15) is 12.5 Å². The monoisotopic (exact) mass is 368 g/mol. The van der Waals surface area contributed by atoms with E-state index in [1.807, 2.05) is 13.0 Å². The molecular weight excluding hydrogens is 352 g/mol. The highest BCUT2D eigenvalue weighted by molar-refractivity contribution is 6.31. The molecule has 0 saturated carbocycles. The van der Waals surface area contributed by atoms with Crippen LogP contribution < -0.4 is 16.0 Å². The maximum Gasteiger partial charge on any atom is 0.267 e. The number of carbonyl (C=O) groups excluding carboxylic acids is 2. The lowest BCUT2D eigenvalue weighted by Crippen LogP contribution is -2.14. The Labute approximate surface area is 156 Å².